The van der Waals surface area contributed by atoms with E-state index in [1.165, 1.54) is 0 Å². The van der Waals surface area contributed by atoms with Gasteiger partial charge < -0.3 is 0 Å². The van der Waals surface area contributed by atoms with Gasteiger partial charge in [0, 0.05) is 6.20 Å². The zero-order chi connectivity index (χ0) is 7.23. The second kappa shape index (κ2) is 3.66. The molecule has 1 N–H and O–H groups in total. The fraction of sp³-hybridized carbons (Fsp3) is 0. The maximum absolute atomic E-state index is 3.99. The van der Waals surface area contributed by atoms with Gasteiger partial charge in [-0.15, -0.1) is 0 Å². The fourth-order valence-electron chi connectivity index (χ4n) is 0.560. The summed E-state index contributed by atoms with van der Waals surface area (Å²) >= 11 is 0. The van der Waals surface area contributed by atoms with Crippen molar-refractivity contribution in [3.05, 3.63) is 24.4 Å². The third-order valence-corrected chi connectivity index (χ3v) is 0.973. The second-order valence-electron chi connectivity index (χ2n) is 1.71. The van der Waals surface area contributed by atoms with E-state index in [-0.39, 0.29) is 0 Å². The summed E-state index contributed by atoms with van der Waals surface area (Å²) in [6.45, 7) is 0. The number of hydrogen-bond acceptors (Lipinski definition) is 3. The predicted octanol–water partition coefficient (Wildman–Crippen LogP) is 0.0699. The van der Waals surface area contributed by atoms with Crippen LogP contribution in [0.2, 0.25) is 0 Å². The molecule has 0 saturated carbocycles. The molecule has 1 rings (SSSR count). The largest absolute Gasteiger partial charge is 0.263 e. The van der Waals surface area contributed by atoms with E-state index in [1.54, 1.807) is 12.3 Å². The molecule has 0 aliphatic rings. The standard InChI is InChI=1S/C6H8BN3/c7-5-9-10-6-3-1-2-4-8-6/h1-5H,7H2,(H,8,10)/b9-5+. The number of nitrogens with one attached hydrogen (secondary N) is 1. The van der Waals surface area contributed by atoms with Crippen molar-refractivity contribution in [3.63, 3.8) is 0 Å². The van der Waals surface area contributed by atoms with E-state index in [2.05, 4.69) is 15.5 Å². The van der Waals surface area contributed by atoms with Crippen LogP contribution >= 0.6 is 0 Å². The van der Waals surface area contributed by atoms with Crippen LogP contribution in [-0.4, -0.2) is 18.9 Å². The molecule has 0 fully saturated rings. The Balaban J connectivity index is 2.59. The lowest BCUT2D eigenvalue weighted by molar-refractivity contribution is 1.23. The van der Waals surface area contributed by atoms with Gasteiger partial charge in [-0.25, -0.2) is 4.98 Å². The molecule has 0 aromatic carbocycles. The topological polar surface area (TPSA) is 37.3 Å². The molecule has 1 heterocycles. The van der Waals surface area contributed by atoms with Gasteiger partial charge in [-0.05, 0) is 18.2 Å². The first kappa shape index (κ1) is 6.80. The number of aromatic nitrogens is 1. The van der Waals surface area contributed by atoms with Crippen molar-refractivity contribution in [3.8, 4) is 0 Å². The molecule has 4 heteroatoms. The first-order valence-corrected chi connectivity index (χ1v) is 3.08. The Morgan fingerprint density at radius 3 is 3.10 bits per heavy atom. The Morgan fingerprint density at radius 2 is 2.50 bits per heavy atom. The van der Waals surface area contributed by atoms with Crippen LogP contribution in [0.4, 0.5) is 5.82 Å². The monoisotopic (exact) mass is 133 g/mol. The van der Waals surface area contributed by atoms with Crippen LogP contribution in [0.3, 0.4) is 0 Å². The van der Waals surface area contributed by atoms with Gasteiger partial charge in [0.2, 0.25) is 0 Å². The quantitative estimate of drug-likeness (QED) is 0.352. The number of hydrazone groups is 1. The molecule has 50 valence electrons. The highest BCUT2D eigenvalue weighted by atomic mass is 15.3. The van der Waals surface area contributed by atoms with Crippen LogP contribution < -0.4 is 5.43 Å². The van der Waals surface area contributed by atoms with Crippen LogP contribution in [0.5, 0.6) is 0 Å². The van der Waals surface area contributed by atoms with E-state index in [1.807, 2.05) is 26.0 Å². The van der Waals surface area contributed by atoms with Gasteiger partial charge in [-0.3, -0.25) is 5.43 Å². The highest BCUT2D eigenvalue weighted by Gasteiger charge is 1.83. The van der Waals surface area contributed by atoms with Crippen molar-refractivity contribution in [2.45, 2.75) is 0 Å². The van der Waals surface area contributed by atoms with E-state index in [0.29, 0.717) is 0 Å². The van der Waals surface area contributed by atoms with Gasteiger partial charge >= 0.3 is 0 Å². The van der Waals surface area contributed by atoms with Gasteiger partial charge in [-0.2, -0.15) is 5.10 Å². The van der Waals surface area contributed by atoms with E-state index in [9.17, 15) is 0 Å². The summed E-state index contributed by atoms with van der Waals surface area (Å²) < 4.78 is 0. The molecule has 0 aliphatic heterocycles. The Morgan fingerprint density at radius 1 is 1.60 bits per heavy atom. The van der Waals surface area contributed by atoms with Crippen LogP contribution in [0.15, 0.2) is 29.5 Å². The maximum atomic E-state index is 3.99. The number of hydrogen-bond donors (Lipinski definition) is 1. The van der Waals surface area contributed by atoms with Crippen molar-refractivity contribution >= 4 is 19.8 Å². The lowest BCUT2D eigenvalue weighted by Gasteiger charge is -1.94. The average Bonchev–Trinajstić information content (AvgIpc) is 2.03. The lowest BCUT2D eigenvalue weighted by atomic mass is 10.2. The zero-order valence-electron chi connectivity index (χ0n) is 5.78. The van der Waals surface area contributed by atoms with Gasteiger partial charge in [0.25, 0.3) is 0 Å². The molecule has 0 aliphatic carbocycles. The van der Waals surface area contributed by atoms with Gasteiger partial charge in [-0.1, -0.05) is 6.07 Å². The molecule has 0 bridgehead atoms. The smallest absolute Gasteiger partial charge is 0.156 e. The summed E-state index contributed by atoms with van der Waals surface area (Å²) in [4.78, 5) is 3.99. The molecule has 0 saturated heterocycles. The number of rotatable bonds is 2. The third-order valence-electron chi connectivity index (χ3n) is 0.973. The van der Waals surface area contributed by atoms with Gasteiger partial charge in [0.15, 0.2) is 7.85 Å². The molecular weight excluding hydrogens is 125 g/mol. The molecule has 3 nitrogen and oxygen atoms in total. The van der Waals surface area contributed by atoms with Crippen molar-refractivity contribution in [2.75, 3.05) is 5.43 Å². The average molecular weight is 133 g/mol. The molecule has 0 radical (unpaired) electrons. The Hall–Kier alpha value is -1.32. The molecule has 0 amide bonds. The minimum absolute atomic E-state index is 0.764. The molecular formula is C6H8BN3. The van der Waals surface area contributed by atoms with E-state index in [0.717, 1.165) is 5.82 Å². The van der Waals surface area contributed by atoms with Crippen LogP contribution in [0.25, 0.3) is 0 Å². The van der Waals surface area contributed by atoms with Crippen molar-refractivity contribution in [1.29, 1.82) is 0 Å². The van der Waals surface area contributed by atoms with E-state index in [4.69, 9.17) is 0 Å². The van der Waals surface area contributed by atoms with Crippen LogP contribution in [0, 0.1) is 0 Å². The summed E-state index contributed by atoms with van der Waals surface area (Å²) in [7, 11) is 1.84. The van der Waals surface area contributed by atoms with Gasteiger partial charge in [0.05, 0.1) is 0 Å². The first-order chi connectivity index (χ1) is 4.93. The number of nitrogens with zero attached hydrogens (tertiary/aromatic N) is 2. The second-order valence-corrected chi connectivity index (χ2v) is 1.71. The zero-order valence-corrected chi connectivity index (χ0v) is 5.78. The Labute approximate surface area is 60.6 Å². The number of anilines is 1. The molecule has 0 spiro atoms. The summed E-state index contributed by atoms with van der Waals surface area (Å²) in [6, 6.07) is 5.62. The SMILES string of the molecule is B/C=N/Nc1ccccn1. The maximum Gasteiger partial charge on any atom is 0.156 e. The molecule has 10 heavy (non-hydrogen) atoms. The molecule has 0 unspecified atom stereocenters. The van der Waals surface area contributed by atoms with Crippen molar-refractivity contribution in [1.82, 2.24) is 4.98 Å². The molecule has 1 aromatic rings. The molecule has 0 atom stereocenters. The minimum atomic E-state index is 0.764. The molecule has 1 aromatic heterocycles. The summed E-state index contributed by atoms with van der Waals surface area (Å²) in [5.41, 5.74) is 2.75. The first-order valence-electron chi connectivity index (χ1n) is 3.08. The van der Waals surface area contributed by atoms with Crippen LogP contribution in [0.1, 0.15) is 0 Å². The Bertz CT molecular complexity index is 209. The highest BCUT2D eigenvalue weighted by Crippen LogP contribution is 1.97. The number of pyridine rings is 1. The predicted molar refractivity (Wildman–Crippen MR) is 44.9 cm³/mol. The van der Waals surface area contributed by atoms with E-state index < -0.39 is 0 Å². The fourth-order valence-corrected chi connectivity index (χ4v) is 0.560. The Kier molecular flexibility index (Phi) is 2.49. The van der Waals surface area contributed by atoms with E-state index >= 15 is 0 Å². The van der Waals surface area contributed by atoms with Crippen molar-refractivity contribution < 1.29 is 0 Å². The summed E-state index contributed by atoms with van der Waals surface area (Å²) in [6.07, 6.45) is 3.39. The summed E-state index contributed by atoms with van der Waals surface area (Å²) in [5, 5.41) is 3.80. The normalized spacial score (nSPS) is 10.0. The summed E-state index contributed by atoms with van der Waals surface area (Å²) in [5.74, 6) is 0.764. The van der Waals surface area contributed by atoms with Crippen molar-refractivity contribution in [2.24, 2.45) is 5.10 Å². The minimum Gasteiger partial charge on any atom is -0.263 e. The van der Waals surface area contributed by atoms with Gasteiger partial charge in [0.1, 0.15) is 5.82 Å². The highest BCUT2D eigenvalue weighted by molar-refractivity contribution is 6.49. The van der Waals surface area contributed by atoms with Crippen LogP contribution in [-0.2, 0) is 0 Å². The lowest BCUT2D eigenvalue weighted by Crippen LogP contribution is -1.90. The third kappa shape index (κ3) is 1.89.